The van der Waals surface area contributed by atoms with Crippen LogP contribution < -0.4 is 15.5 Å². The first-order valence-electron chi connectivity index (χ1n) is 10.5. The number of unbranched alkanes of at least 4 members (excludes halogenated alkanes) is 1. The third-order valence-corrected chi connectivity index (χ3v) is 5.52. The number of nitrogens with zero attached hydrogens (tertiary/aromatic N) is 1. The topological polar surface area (TPSA) is 60.3 Å². The van der Waals surface area contributed by atoms with Crippen LogP contribution in [0.3, 0.4) is 0 Å². The van der Waals surface area contributed by atoms with E-state index >= 15 is 0 Å². The summed E-state index contributed by atoms with van der Waals surface area (Å²) in [6.45, 7) is 3.04. The number of pyridine rings is 1. The van der Waals surface area contributed by atoms with Crippen molar-refractivity contribution >= 4 is 5.91 Å². The van der Waals surface area contributed by atoms with Crippen molar-refractivity contribution in [3.63, 3.8) is 0 Å². The molecule has 0 saturated carbocycles. The number of hydrogen-bond acceptors (Lipinski definition) is 3. The Morgan fingerprint density at radius 3 is 2.23 bits per heavy atom. The van der Waals surface area contributed by atoms with Crippen LogP contribution >= 0.6 is 0 Å². The molecule has 154 valence electrons. The highest BCUT2D eigenvalue weighted by molar-refractivity contribution is 5.96. The van der Waals surface area contributed by atoms with E-state index in [0.29, 0.717) is 18.8 Å². The van der Waals surface area contributed by atoms with E-state index in [-0.39, 0.29) is 29.0 Å². The first kappa shape index (κ1) is 20.0. The number of carbonyl (C=O) groups excluding carboxylic acids is 1. The second-order valence-corrected chi connectivity index (χ2v) is 7.59. The first-order chi connectivity index (χ1) is 14.7. The lowest BCUT2D eigenvalue weighted by molar-refractivity contribution is 0.0886. The highest BCUT2D eigenvalue weighted by Crippen LogP contribution is 2.31. The minimum atomic E-state index is -0.271. The number of ether oxygens (including phenoxy) is 1. The Bertz CT molecular complexity index is 1020. The van der Waals surface area contributed by atoms with Crippen molar-refractivity contribution in [1.29, 1.82) is 0 Å². The van der Waals surface area contributed by atoms with E-state index in [4.69, 9.17) is 4.74 Å². The fraction of sp³-hybridized carbons (Fsp3) is 0.280. The Labute approximate surface area is 176 Å². The van der Waals surface area contributed by atoms with Crippen molar-refractivity contribution in [2.24, 2.45) is 0 Å². The van der Waals surface area contributed by atoms with Gasteiger partial charge < -0.3 is 14.6 Å². The summed E-state index contributed by atoms with van der Waals surface area (Å²) in [7, 11) is 0. The van der Waals surface area contributed by atoms with Crippen LogP contribution in [0.25, 0.3) is 0 Å². The highest BCUT2D eigenvalue weighted by atomic mass is 16.5. The molecule has 2 aromatic carbocycles. The molecule has 1 N–H and O–H groups in total. The molecular formula is C25H26N2O3. The van der Waals surface area contributed by atoms with E-state index in [1.807, 2.05) is 41.0 Å². The van der Waals surface area contributed by atoms with Gasteiger partial charge in [0.05, 0.1) is 12.6 Å². The molecule has 0 bridgehead atoms. The molecule has 1 amide bonds. The third kappa shape index (κ3) is 4.01. The number of hydrogen-bond donors (Lipinski definition) is 1. The number of carbonyl (C=O) groups is 1. The first-order valence-corrected chi connectivity index (χ1v) is 10.5. The van der Waals surface area contributed by atoms with Crippen molar-refractivity contribution in [3.05, 3.63) is 100.0 Å². The molecule has 2 heterocycles. The Kier molecular flexibility index (Phi) is 5.98. The minimum Gasteiger partial charge on any atom is -0.487 e. The Balaban J connectivity index is 1.71. The molecule has 1 aromatic heterocycles. The molecule has 0 spiro atoms. The van der Waals surface area contributed by atoms with Crippen LogP contribution in [0.1, 0.15) is 47.3 Å². The summed E-state index contributed by atoms with van der Waals surface area (Å²) in [4.78, 5) is 25.5. The van der Waals surface area contributed by atoms with Crippen molar-refractivity contribution in [2.45, 2.75) is 38.3 Å². The van der Waals surface area contributed by atoms with Gasteiger partial charge >= 0.3 is 0 Å². The van der Waals surface area contributed by atoms with Gasteiger partial charge in [-0.15, -0.1) is 0 Å². The van der Waals surface area contributed by atoms with E-state index in [1.54, 1.807) is 6.20 Å². The summed E-state index contributed by atoms with van der Waals surface area (Å²) in [5.41, 5.74) is 2.33. The summed E-state index contributed by atoms with van der Waals surface area (Å²) in [5, 5.41) is 3.15. The van der Waals surface area contributed by atoms with Crippen LogP contribution in [0.5, 0.6) is 5.75 Å². The number of aromatic nitrogens is 1. The second-order valence-electron chi connectivity index (χ2n) is 7.59. The maximum Gasteiger partial charge on any atom is 0.272 e. The monoisotopic (exact) mass is 402 g/mol. The molecule has 30 heavy (non-hydrogen) atoms. The lowest BCUT2D eigenvalue weighted by Gasteiger charge is -2.34. The molecule has 0 fully saturated rings. The van der Waals surface area contributed by atoms with Crippen LogP contribution in [0.4, 0.5) is 0 Å². The fourth-order valence-corrected chi connectivity index (χ4v) is 4.06. The molecule has 3 aromatic rings. The summed E-state index contributed by atoms with van der Waals surface area (Å²) in [5.74, 6) is -0.126. The number of rotatable bonds is 7. The van der Waals surface area contributed by atoms with E-state index in [9.17, 15) is 9.59 Å². The minimum absolute atomic E-state index is 0.00612. The molecule has 0 unspecified atom stereocenters. The molecule has 0 radical (unpaired) electrons. The molecule has 1 aliphatic rings. The van der Waals surface area contributed by atoms with E-state index in [0.717, 1.165) is 24.0 Å². The summed E-state index contributed by atoms with van der Waals surface area (Å²) < 4.78 is 7.57. The molecular weight excluding hydrogens is 376 g/mol. The number of nitrogens with one attached hydrogen (secondary N) is 1. The SMILES string of the molecule is CCCCOc1c2n(ccc1=O)C[C@@H](C(c1ccccc1)c1ccccc1)NC2=O. The predicted octanol–water partition coefficient (Wildman–Crippen LogP) is 3.97. The maximum absolute atomic E-state index is 13.1. The van der Waals surface area contributed by atoms with E-state index in [2.05, 4.69) is 36.5 Å². The van der Waals surface area contributed by atoms with Crippen molar-refractivity contribution in [3.8, 4) is 5.75 Å². The molecule has 4 rings (SSSR count). The standard InChI is InChI=1S/C25H26N2O3/c1-2-3-16-30-24-21(28)14-15-27-17-20(26-25(29)23(24)27)22(18-10-6-4-7-11-18)19-12-8-5-9-13-19/h4-15,20,22H,2-3,16-17H2,1H3,(H,26,29)/t20-/m0/s1. The summed E-state index contributed by atoms with van der Waals surface area (Å²) >= 11 is 0. The number of fused-ring (bicyclic) bond motifs is 1. The third-order valence-electron chi connectivity index (χ3n) is 5.52. The van der Waals surface area contributed by atoms with Gasteiger partial charge in [-0.05, 0) is 17.5 Å². The smallest absolute Gasteiger partial charge is 0.272 e. The van der Waals surface area contributed by atoms with Crippen molar-refractivity contribution in [1.82, 2.24) is 9.88 Å². The van der Waals surface area contributed by atoms with Gasteiger partial charge in [0.15, 0.2) is 11.4 Å². The molecule has 0 aliphatic carbocycles. The average Bonchev–Trinajstić information content (AvgIpc) is 2.77. The van der Waals surface area contributed by atoms with Gasteiger partial charge in [0.2, 0.25) is 5.43 Å². The van der Waals surface area contributed by atoms with Crippen LogP contribution in [0.2, 0.25) is 0 Å². The summed E-state index contributed by atoms with van der Waals surface area (Å²) in [6.07, 6.45) is 3.49. The molecule has 5 heteroatoms. The quantitative estimate of drug-likeness (QED) is 0.609. The maximum atomic E-state index is 13.1. The van der Waals surface area contributed by atoms with Crippen molar-refractivity contribution < 1.29 is 9.53 Å². The average molecular weight is 402 g/mol. The van der Waals surface area contributed by atoms with Crippen LogP contribution in [-0.4, -0.2) is 23.1 Å². The van der Waals surface area contributed by atoms with Gasteiger partial charge in [0, 0.05) is 24.7 Å². The van der Waals surface area contributed by atoms with Crippen LogP contribution in [0, 0.1) is 0 Å². The zero-order valence-electron chi connectivity index (χ0n) is 17.1. The van der Waals surface area contributed by atoms with Gasteiger partial charge in [-0.2, -0.15) is 0 Å². The van der Waals surface area contributed by atoms with Gasteiger partial charge in [-0.3, -0.25) is 9.59 Å². The highest BCUT2D eigenvalue weighted by Gasteiger charge is 2.34. The lowest BCUT2D eigenvalue weighted by atomic mass is 9.84. The fourth-order valence-electron chi connectivity index (χ4n) is 4.06. The Morgan fingerprint density at radius 2 is 1.63 bits per heavy atom. The Hall–Kier alpha value is -3.34. The van der Waals surface area contributed by atoms with Crippen molar-refractivity contribution in [2.75, 3.05) is 6.61 Å². The van der Waals surface area contributed by atoms with E-state index < -0.39 is 0 Å². The molecule has 1 aliphatic heterocycles. The normalized spacial score (nSPS) is 15.5. The molecule has 5 nitrogen and oxygen atoms in total. The second kappa shape index (κ2) is 8.99. The summed E-state index contributed by atoms with van der Waals surface area (Å²) in [6, 6.07) is 21.7. The zero-order chi connectivity index (χ0) is 20.9. The molecule has 0 saturated heterocycles. The predicted molar refractivity (Wildman–Crippen MR) is 117 cm³/mol. The number of benzene rings is 2. The zero-order valence-corrected chi connectivity index (χ0v) is 17.1. The van der Waals surface area contributed by atoms with Crippen LogP contribution in [-0.2, 0) is 6.54 Å². The van der Waals surface area contributed by atoms with Gasteiger partial charge in [0.1, 0.15) is 0 Å². The van der Waals surface area contributed by atoms with Gasteiger partial charge in [-0.1, -0.05) is 74.0 Å². The number of amides is 1. The van der Waals surface area contributed by atoms with E-state index in [1.165, 1.54) is 6.07 Å². The van der Waals surface area contributed by atoms with Gasteiger partial charge in [0.25, 0.3) is 5.91 Å². The van der Waals surface area contributed by atoms with Crippen LogP contribution in [0.15, 0.2) is 77.7 Å². The largest absolute Gasteiger partial charge is 0.487 e. The Morgan fingerprint density at radius 1 is 1.00 bits per heavy atom. The van der Waals surface area contributed by atoms with Gasteiger partial charge in [-0.25, -0.2) is 0 Å². The molecule has 1 atom stereocenters. The lowest BCUT2D eigenvalue weighted by Crippen LogP contribution is -2.48.